The van der Waals surface area contributed by atoms with E-state index in [0.717, 1.165) is 6.07 Å². The topological polar surface area (TPSA) is 111 Å². The number of carboxylic acids is 1. The van der Waals surface area contributed by atoms with Crippen molar-refractivity contribution in [2.24, 2.45) is 10.4 Å². The fourth-order valence-electron chi connectivity index (χ4n) is 5.84. The van der Waals surface area contributed by atoms with Gasteiger partial charge in [-0.3, -0.25) is 14.7 Å². The summed E-state index contributed by atoms with van der Waals surface area (Å²) in [4.78, 5) is 35.5. The SMILES string of the molecule is COC(=O)C1=C(CN2CC(F)(F)C3C2CN(C)N3CCC(C)(C)C(=O)O)NC(c2nccs2)=NC1c1ccc(F)cc1Cl. The first-order valence-electron chi connectivity index (χ1n) is 13.6. The quantitative estimate of drug-likeness (QED) is 0.396. The molecule has 0 spiro atoms. The molecule has 15 heteroatoms. The number of carboxylic acid groups (broad SMARTS) is 1. The van der Waals surface area contributed by atoms with Crippen LogP contribution in [0, 0.1) is 11.2 Å². The number of benzene rings is 1. The summed E-state index contributed by atoms with van der Waals surface area (Å²) in [6, 6.07) is 0.914. The molecule has 0 aliphatic carbocycles. The number of methoxy groups -OCH3 is 1. The third-order valence-corrected chi connectivity index (χ3v) is 9.33. The molecule has 1 aromatic heterocycles. The number of alkyl halides is 2. The molecule has 3 atom stereocenters. The molecule has 3 unspecified atom stereocenters. The first-order chi connectivity index (χ1) is 20.2. The summed E-state index contributed by atoms with van der Waals surface area (Å²) >= 11 is 7.71. The summed E-state index contributed by atoms with van der Waals surface area (Å²) in [5, 5.41) is 18.2. The highest BCUT2D eigenvalue weighted by Gasteiger charge is 2.61. The smallest absolute Gasteiger partial charge is 0.338 e. The number of aromatic nitrogens is 1. The van der Waals surface area contributed by atoms with Crippen molar-refractivity contribution in [2.75, 3.05) is 40.3 Å². The molecule has 0 radical (unpaired) electrons. The van der Waals surface area contributed by atoms with E-state index >= 15 is 8.78 Å². The molecule has 43 heavy (non-hydrogen) atoms. The summed E-state index contributed by atoms with van der Waals surface area (Å²) in [5.74, 6) is -5.12. The van der Waals surface area contributed by atoms with Gasteiger partial charge in [0.25, 0.3) is 5.92 Å². The van der Waals surface area contributed by atoms with E-state index in [1.165, 1.54) is 30.6 Å². The van der Waals surface area contributed by atoms with Crippen LogP contribution in [0.4, 0.5) is 13.2 Å². The fourth-order valence-corrected chi connectivity index (χ4v) is 6.70. The van der Waals surface area contributed by atoms with Gasteiger partial charge in [0.1, 0.15) is 17.9 Å². The number of amidine groups is 1. The summed E-state index contributed by atoms with van der Waals surface area (Å²) < 4.78 is 50.5. The van der Waals surface area contributed by atoms with Gasteiger partial charge in [-0.2, -0.15) is 0 Å². The van der Waals surface area contributed by atoms with Crippen LogP contribution >= 0.6 is 22.9 Å². The van der Waals surface area contributed by atoms with Crippen molar-refractivity contribution in [3.63, 3.8) is 0 Å². The van der Waals surface area contributed by atoms with Crippen molar-refractivity contribution < 1.29 is 32.6 Å². The van der Waals surface area contributed by atoms with Crippen LogP contribution < -0.4 is 5.32 Å². The summed E-state index contributed by atoms with van der Waals surface area (Å²) in [7, 11) is 2.91. The molecule has 3 aliphatic heterocycles. The third kappa shape index (κ3) is 6.03. The Bertz CT molecular complexity index is 1470. The summed E-state index contributed by atoms with van der Waals surface area (Å²) in [5.41, 5.74) is -0.383. The lowest BCUT2D eigenvalue weighted by Crippen LogP contribution is -2.49. The largest absolute Gasteiger partial charge is 0.481 e. The van der Waals surface area contributed by atoms with Crippen LogP contribution in [0.1, 0.15) is 36.9 Å². The number of hydrogen-bond donors (Lipinski definition) is 2. The standard InChI is InChI=1S/C28H32ClF3N6O4S/c1-27(2,26(40)41)7-9-38-22-19(13-36(38)3)37(14-28(22,31)32)12-18-20(25(39)42-4)21(16-6-5-15(30)11-17(16)29)35-23(34-18)24-33-8-10-43-24/h5-6,8,10-11,19,21-22H,7,9,12-14H2,1-4H3,(H,34,35)(H,40,41). The lowest BCUT2D eigenvalue weighted by molar-refractivity contribution is -0.148. The number of nitrogens with one attached hydrogen (secondary N) is 1. The van der Waals surface area contributed by atoms with Crippen LogP contribution in [-0.4, -0.2) is 101 Å². The average molecular weight is 641 g/mol. The van der Waals surface area contributed by atoms with Gasteiger partial charge in [0.2, 0.25) is 0 Å². The zero-order chi connectivity index (χ0) is 31.3. The van der Waals surface area contributed by atoms with Gasteiger partial charge in [-0.1, -0.05) is 17.7 Å². The van der Waals surface area contributed by atoms with Crippen LogP contribution in [0.3, 0.4) is 0 Å². The Hall–Kier alpha value is -3.04. The van der Waals surface area contributed by atoms with Gasteiger partial charge in [0, 0.05) is 60.6 Å². The van der Waals surface area contributed by atoms with Gasteiger partial charge >= 0.3 is 11.9 Å². The Kier molecular flexibility index (Phi) is 8.62. The number of likely N-dealkylation sites (N-methyl/N-ethyl adjacent to an activating group) is 1. The monoisotopic (exact) mass is 640 g/mol. The lowest BCUT2D eigenvalue weighted by atomic mass is 9.89. The molecule has 2 fully saturated rings. The van der Waals surface area contributed by atoms with Crippen molar-refractivity contribution in [1.82, 2.24) is 25.2 Å². The molecule has 0 saturated carbocycles. The van der Waals surface area contributed by atoms with Gasteiger partial charge in [-0.05, 0) is 32.4 Å². The van der Waals surface area contributed by atoms with E-state index < -0.39 is 53.8 Å². The highest BCUT2D eigenvalue weighted by Crippen LogP contribution is 2.43. The van der Waals surface area contributed by atoms with Gasteiger partial charge < -0.3 is 15.2 Å². The predicted molar refractivity (Wildman–Crippen MR) is 154 cm³/mol. The van der Waals surface area contributed by atoms with E-state index in [1.807, 2.05) is 0 Å². The zero-order valence-electron chi connectivity index (χ0n) is 24.0. The van der Waals surface area contributed by atoms with Crippen LogP contribution in [0.2, 0.25) is 5.02 Å². The maximum atomic E-state index is 15.7. The van der Waals surface area contributed by atoms with Crippen LogP contribution in [-0.2, 0) is 14.3 Å². The van der Waals surface area contributed by atoms with Crippen LogP contribution in [0.15, 0.2) is 46.0 Å². The van der Waals surface area contributed by atoms with Crippen molar-refractivity contribution >= 4 is 40.7 Å². The van der Waals surface area contributed by atoms with Gasteiger partial charge in [-0.15, -0.1) is 11.3 Å². The highest BCUT2D eigenvalue weighted by molar-refractivity contribution is 7.11. The van der Waals surface area contributed by atoms with Crippen LogP contribution in [0.25, 0.3) is 0 Å². The number of rotatable bonds is 9. The molecule has 1 aromatic carbocycles. The van der Waals surface area contributed by atoms with Gasteiger partial charge in [0.05, 0.1) is 24.6 Å². The van der Waals surface area contributed by atoms with Gasteiger partial charge in [-0.25, -0.2) is 33.0 Å². The number of halogens is 4. The average Bonchev–Trinajstić information content (AvgIpc) is 3.64. The molecule has 2 saturated heterocycles. The highest BCUT2D eigenvalue weighted by atomic mass is 35.5. The van der Waals surface area contributed by atoms with E-state index in [-0.39, 0.29) is 36.7 Å². The second-order valence-electron chi connectivity index (χ2n) is 11.5. The fraction of sp³-hybridized carbons (Fsp3) is 0.500. The minimum atomic E-state index is -3.13. The van der Waals surface area contributed by atoms with E-state index in [9.17, 15) is 19.1 Å². The third-order valence-electron chi connectivity index (χ3n) is 8.22. The van der Waals surface area contributed by atoms with Crippen molar-refractivity contribution in [3.05, 3.63) is 62.5 Å². The molecule has 3 aliphatic rings. The number of likely N-dealkylation sites (tertiary alicyclic amines) is 1. The van der Waals surface area contributed by atoms with E-state index in [2.05, 4.69) is 10.3 Å². The maximum absolute atomic E-state index is 15.7. The van der Waals surface area contributed by atoms with Crippen molar-refractivity contribution in [2.45, 2.75) is 44.3 Å². The molecule has 10 nitrogen and oxygen atoms in total. The molecule has 0 amide bonds. The lowest BCUT2D eigenvalue weighted by Gasteiger charge is -2.33. The molecule has 2 N–H and O–H groups in total. The number of fused-ring (bicyclic) bond motifs is 1. The molecule has 5 rings (SSSR count). The molecule has 4 heterocycles. The number of esters is 1. The second-order valence-corrected chi connectivity index (χ2v) is 12.8. The first-order valence-corrected chi connectivity index (χ1v) is 14.8. The van der Waals surface area contributed by atoms with Gasteiger partial charge in [0.15, 0.2) is 10.8 Å². The number of aliphatic imine (C=N–C) groups is 1. The Labute approximate surface area is 255 Å². The van der Waals surface area contributed by atoms with Crippen LogP contribution in [0.5, 0.6) is 0 Å². The minimum Gasteiger partial charge on any atom is -0.481 e. The maximum Gasteiger partial charge on any atom is 0.338 e. The summed E-state index contributed by atoms with van der Waals surface area (Å²) in [6.45, 7) is 2.89. The number of thiazole rings is 1. The molecule has 232 valence electrons. The van der Waals surface area contributed by atoms with E-state index in [0.29, 0.717) is 22.1 Å². The number of nitrogens with zero attached hydrogens (tertiary/aromatic N) is 5. The van der Waals surface area contributed by atoms with Crippen molar-refractivity contribution in [1.29, 1.82) is 0 Å². The predicted octanol–water partition coefficient (Wildman–Crippen LogP) is 3.81. The number of aliphatic carboxylic acids is 1. The zero-order valence-corrected chi connectivity index (χ0v) is 25.6. The number of carbonyl (C=O) groups is 2. The number of ether oxygens (including phenoxy) is 1. The second kappa shape index (κ2) is 11.8. The molecule has 0 bridgehead atoms. The van der Waals surface area contributed by atoms with E-state index in [1.54, 1.807) is 47.4 Å². The Morgan fingerprint density at radius 1 is 1.33 bits per heavy atom. The van der Waals surface area contributed by atoms with Crippen molar-refractivity contribution in [3.8, 4) is 0 Å². The summed E-state index contributed by atoms with van der Waals surface area (Å²) in [6.07, 6.45) is 1.77. The Morgan fingerprint density at radius 2 is 2.07 bits per heavy atom. The minimum absolute atomic E-state index is 0.0417. The molecule has 2 aromatic rings. The normalized spacial score (nSPS) is 24.6. The van der Waals surface area contributed by atoms with E-state index in [4.69, 9.17) is 21.3 Å². The molecular weight excluding hydrogens is 609 g/mol. The number of hydrogen-bond acceptors (Lipinski definition) is 10. The Morgan fingerprint density at radius 3 is 2.70 bits per heavy atom. The first kappa shape index (κ1) is 31.4. The number of carbonyl (C=O) groups excluding carboxylic acids is 1. The Balaban J connectivity index is 1.51. The molecular formula is C28H32ClF3N6O4S. The number of hydrazine groups is 1.